The summed E-state index contributed by atoms with van der Waals surface area (Å²) in [6, 6.07) is 8.02. The zero-order valence-corrected chi connectivity index (χ0v) is 13.7. The number of phenolic OH excluding ortho intramolecular Hbond substituents is 4. The molecular formula is C19H18O7. The number of rotatable bonds is 7. The van der Waals surface area contributed by atoms with Gasteiger partial charge in [0, 0.05) is 6.42 Å². The first-order chi connectivity index (χ1) is 12.3. The van der Waals surface area contributed by atoms with E-state index < -0.39 is 17.7 Å². The Bertz CT molecular complexity index is 855. The molecule has 1 atom stereocenters. The highest BCUT2D eigenvalue weighted by Crippen LogP contribution is 2.27. The van der Waals surface area contributed by atoms with Crippen LogP contribution in [-0.2, 0) is 16.0 Å². The number of benzene rings is 2. The molecule has 7 heteroatoms. The summed E-state index contributed by atoms with van der Waals surface area (Å²) in [6.07, 6.45) is 2.38. The van der Waals surface area contributed by atoms with Crippen LogP contribution in [0.4, 0.5) is 0 Å². The van der Waals surface area contributed by atoms with Crippen molar-refractivity contribution in [3.63, 3.8) is 0 Å². The summed E-state index contributed by atoms with van der Waals surface area (Å²) in [7, 11) is 0. The molecule has 0 bridgehead atoms. The average molecular weight is 358 g/mol. The number of carboxylic acid groups (broad SMARTS) is 1. The van der Waals surface area contributed by atoms with E-state index in [1.54, 1.807) is 0 Å². The largest absolute Gasteiger partial charge is 0.504 e. The van der Waals surface area contributed by atoms with Crippen LogP contribution in [-0.4, -0.2) is 37.3 Å². The first-order valence-corrected chi connectivity index (χ1v) is 7.73. The van der Waals surface area contributed by atoms with Crippen LogP contribution in [0.3, 0.4) is 0 Å². The minimum Gasteiger partial charge on any atom is -0.504 e. The molecule has 0 aliphatic carbocycles. The maximum Gasteiger partial charge on any atom is 0.307 e. The predicted molar refractivity (Wildman–Crippen MR) is 93.0 cm³/mol. The van der Waals surface area contributed by atoms with E-state index in [2.05, 4.69) is 0 Å². The van der Waals surface area contributed by atoms with Crippen LogP contribution < -0.4 is 0 Å². The lowest BCUT2D eigenvalue weighted by Crippen LogP contribution is -2.19. The third-order valence-electron chi connectivity index (χ3n) is 3.78. The topological polar surface area (TPSA) is 135 Å². The molecule has 0 radical (unpaired) electrons. The summed E-state index contributed by atoms with van der Waals surface area (Å²) in [6.45, 7) is 0. The molecule has 5 N–H and O–H groups in total. The standard InChI is InChI=1S/C19H18O7/c20-14(4-1-11-2-5-15(21)17(23)8-11)10-13(19(25)26)7-12-3-6-16(22)18(24)9-12/h1-6,8-9,13,21-24H,7,10H2,(H,25,26)/t13-/m0/s1. The van der Waals surface area contributed by atoms with Crippen LogP contribution in [0.2, 0.25) is 0 Å². The van der Waals surface area contributed by atoms with Crippen LogP contribution in [0.1, 0.15) is 17.5 Å². The third kappa shape index (κ3) is 5.01. The van der Waals surface area contributed by atoms with Gasteiger partial charge in [-0.3, -0.25) is 9.59 Å². The number of ketones is 1. The highest BCUT2D eigenvalue weighted by molar-refractivity contribution is 5.95. The maximum absolute atomic E-state index is 12.0. The van der Waals surface area contributed by atoms with Crippen molar-refractivity contribution in [2.24, 2.45) is 5.92 Å². The van der Waals surface area contributed by atoms with E-state index in [0.29, 0.717) is 11.1 Å². The molecule has 0 fully saturated rings. The lowest BCUT2D eigenvalue weighted by atomic mass is 9.94. The Kier molecular flexibility index (Phi) is 5.85. The molecule has 0 amide bonds. The Morgan fingerprint density at radius 3 is 2.08 bits per heavy atom. The van der Waals surface area contributed by atoms with Gasteiger partial charge in [-0.25, -0.2) is 0 Å². The summed E-state index contributed by atoms with van der Waals surface area (Å²) < 4.78 is 0. The van der Waals surface area contributed by atoms with E-state index in [9.17, 15) is 35.1 Å². The van der Waals surface area contributed by atoms with Crippen molar-refractivity contribution in [3.05, 3.63) is 53.6 Å². The molecule has 7 nitrogen and oxygen atoms in total. The molecule has 2 aromatic carbocycles. The van der Waals surface area contributed by atoms with Crippen LogP contribution in [0.5, 0.6) is 23.0 Å². The molecule has 2 rings (SSSR count). The molecule has 0 saturated heterocycles. The molecule has 0 unspecified atom stereocenters. The summed E-state index contributed by atoms with van der Waals surface area (Å²) in [5.74, 6) is -3.84. The van der Waals surface area contributed by atoms with E-state index in [-0.39, 0.29) is 35.8 Å². The minimum atomic E-state index is -1.15. The molecule has 0 heterocycles. The van der Waals surface area contributed by atoms with Gasteiger partial charge in [-0.05, 0) is 47.9 Å². The zero-order chi connectivity index (χ0) is 19.3. The smallest absolute Gasteiger partial charge is 0.307 e. The van der Waals surface area contributed by atoms with Gasteiger partial charge in [0.1, 0.15) is 0 Å². The Hall–Kier alpha value is -3.48. The van der Waals surface area contributed by atoms with Crippen LogP contribution in [0, 0.1) is 5.92 Å². The zero-order valence-electron chi connectivity index (χ0n) is 13.7. The Balaban J connectivity index is 2.05. The summed E-state index contributed by atoms with van der Waals surface area (Å²) in [4.78, 5) is 23.4. The highest BCUT2D eigenvalue weighted by atomic mass is 16.4. The molecule has 2 aromatic rings. The Morgan fingerprint density at radius 2 is 1.50 bits per heavy atom. The fraction of sp³-hybridized carbons (Fsp3) is 0.158. The number of aromatic hydroxyl groups is 4. The van der Waals surface area contributed by atoms with Gasteiger partial charge in [-0.15, -0.1) is 0 Å². The number of hydrogen-bond donors (Lipinski definition) is 5. The Morgan fingerprint density at radius 1 is 0.885 bits per heavy atom. The van der Waals surface area contributed by atoms with Gasteiger partial charge < -0.3 is 25.5 Å². The second kappa shape index (κ2) is 8.06. The monoisotopic (exact) mass is 358 g/mol. The Labute approximate surface area is 149 Å². The summed E-state index contributed by atoms with van der Waals surface area (Å²) in [5, 5.41) is 46.7. The number of allylic oxidation sites excluding steroid dienone is 1. The van der Waals surface area contributed by atoms with Crippen molar-refractivity contribution >= 4 is 17.8 Å². The number of hydrogen-bond acceptors (Lipinski definition) is 6. The molecule has 26 heavy (non-hydrogen) atoms. The lowest BCUT2D eigenvalue weighted by molar-refractivity contribution is -0.143. The van der Waals surface area contributed by atoms with E-state index in [0.717, 1.165) is 0 Å². The average Bonchev–Trinajstić information content (AvgIpc) is 2.58. The van der Waals surface area contributed by atoms with Crippen molar-refractivity contribution in [2.45, 2.75) is 12.8 Å². The first-order valence-electron chi connectivity index (χ1n) is 7.73. The molecule has 0 aromatic heterocycles. The normalized spacial score (nSPS) is 12.2. The summed E-state index contributed by atoms with van der Waals surface area (Å²) >= 11 is 0. The quantitative estimate of drug-likeness (QED) is 0.379. The lowest BCUT2D eigenvalue weighted by Gasteiger charge is -2.11. The van der Waals surface area contributed by atoms with Gasteiger partial charge >= 0.3 is 5.97 Å². The first kappa shape index (κ1) is 18.9. The third-order valence-corrected chi connectivity index (χ3v) is 3.78. The molecule has 0 saturated carbocycles. The maximum atomic E-state index is 12.0. The number of carbonyl (C=O) groups is 2. The number of carboxylic acids is 1. The van der Waals surface area contributed by atoms with Gasteiger partial charge in [-0.1, -0.05) is 18.2 Å². The van der Waals surface area contributed by atoms with Crippen molar-refractivity contribution in [1.29, 1.82) is 0 Å². The summed E-state index contributed by atoms with van der Waals surface area (Å²) in [5.41, 5.74) is 0.955. The van der Waals surface area contributed by atoms with Gasteiger partial charge in [0.15, 0.2) is 28.8 Å². The number of phenols is 4. The SMILES string of the molecule is O=C(C=Cc1ccc(O)c(O)c1)C[C@H](Cc1ccc(O)c(O)c1)C(=O)O. The van der Waals surface area contributed by atoms with Gasteiger partial charge in [0.05, 0.1) is 5.92 Å². The molecule has 0 aliphatic heterocycles. The van der Waals surface area contributed by atoms with E-state index in [4.69, 9.17) is 0 Å². The minimum absolute atomic E-state index is 0.0166. The van der Waals surface area contributed by atoms with Crippen molar-refractivity contribution < 1.29 is 35.1 Å². The highest BCUT2D eigenvalue weighted by Gasteiger charge is 2.21. The number of aliphatic carboxylic acids is 1. The molecule has 136 valence electrons. The van der Waals surface area contributed by atoms with Crippen molar-refractivity contribution in [2.75, 3.05) is 0 Å². The van der Waals surface area contributed by atoms with Crippen molar-refractivity contribution in [3.8, 4) is 23.0 Å². The van der Waals surface area contributed by atoms with Gasteiger partial charge in [0.2, 0.25) is 0 Å². The van der Waals surface area contributed by atoms with E-state index in [1.807, 2.05) is 0 Å². The molecule has 0 spiro atoms. The fourth-order valence-corrected chi connectivity index (χ4v) is 2.37. The predicted octanol–water partition coefficient (Wildman–Crippen LogP) is 2.42. The fourth-order valence-electron chi connectivity index (χ4n) is 2.37. The number of carbonyl (C=O) groups excluding carboxylic acids is 1. The van der Waals surface area contributed by atoms with Crippen molar-refractivity contribution in [1.82, 2.24) is 0 Å². The van der Waals surface area contributed by atoms with Crippen LogP contribution >= 0.6 is 0 Å². The van der Waals surface area contributed by atoms with Gasteiger partial charge in [-0.2, -0.15) is 0 Å². The van der Waals surface area contributed by atoms with E-state index >= 15 is 0 Å². The van der Waals surface area contributed by atoms with Crippen LogP contribution in [0.25, 0.3) is 6.08 Å². The molecular weight excluding hydrogens is 340 g/mol. The van der Waals surface area contributed by atoms with Gasteiger partial charge in [0.25, 0.3) is 0 Å². The second-order valence-corrected chi connectivity index (χ2v) is 5.81. The van der Waals surface area contributed by atoms with E-state index in [1.165, 1.54) is 48.6 Å². The van der Waals surface area contributed by atoms with Crippen LogP contribution in [0.15, 0.2) is 42.5 Å². The second-order valence-electron chi connectivity index (χ2n) is 5.81. The molecule has 0 aliphatic rings.